The SMILES string of the molecule is CC(=O)c1cccc(-c2cc(C(=O)N(CCCN)Cc3ccc4c(c3)OCCO4)ccn2)c1.Cc1ccc(C[C@@H](N)C(=O)C2C[C@H](OCc3ccccc3)C[C@@H]2CCn2ccnc2)cc1.N#CC[C@H]1CC([C@@H](N)Cc2ccc(F)cc2)OC[C@H]1c1ccc2ccccc2c1.Nc1ccc(CN(Cc2ccccn2)C(=O)c2cncc(-c3cccc4ccccc34)c2)cc1. The summed E-state index contributed by atoms with van der Waals surface area (Å²) in [6.07, 6.45) is 18.1. The van der Waals surface area contributed by atoms with E-state index in [1.807, 2.05) is 146 Å². The molecule has 8 N–H and O–H groups in total. The number of nitriles is 1. The molecule has 2 aliphatic heterocycles. The van der Waals surface area contributed by atoms with Crippen LogP contribution < -0.4 is 32.4 Å². The molecule has 1 saturated heterocycles. The molecule has 1 aliphatic carbocycles. The summed E-state index contributed by atoms with van der Waals surface area (Å²) in [6, 6.07) is 87.5. The van der Waals surface area contributed by atoms with Crippen LogP contribution in [-0.4, -0.2) is 115 Å². The summed E-state index contributed by atoms with van der Waals surface area (Å²) in [6.45, 7) is 8.91. The Morgan fingerprint density at radius 1 is 0.594 bits per heavy atom. The molecule has 0 radical (unpaired) electrons. The zero-order valence-corrected chi connectivity index (χ0v) is 72.3. The molecule has 20 nitrogen and oxygen atoms in total. The van der Waals surface area contributed by atoms with E-state index in [9.17, 15) is 28.8 Å². The standard InChI is InChI=1S/C29H24N4O.C27H33N3O2.C26H27N3O4.C25H25FN2O/c30-25-13-11-21(12-14-25)19-33(20-26-8-3-4-15-32-26)29(34)24-16-23(17-31-18-24)28-10-5-7-22-6-1-2-9-27(22)28;1-20-7-9-21(10-8-20)15-26(28)27(31)25-17-24(32-18-22-5-3-2-4-6-22)16-23(25)11-13-30-14-12-29-19-30;1-18(30)20-4-2-5-21(15-20)23-16-22(8-10-28-23)26(31)29(11-3-9-27)17-19-6-7-24-25(14-19)33-13-12-32-24;26-22-9-5-17(6-10-22)13-24(28)25-15-21(11-12-27)23(16-29-25)20-8-7-18-3-1-2-4-19(18)14-20/h1-18H,19-20,30H2;2-10,12,14,19,23-26H,11,13,15-18,28H2,1H3;2,4-8,10,14-16H,3,9,11-13,17,27H2,1H3;1-10,14,21,23-25H,11,13,15-16,28H2/t;23-,24+,25?,26+;;21-,23-,24-,25?/m.0.0/s1. The molecule has 21 heteroatoms. The number of amides is 2. The lowest BCUT2D eigenvalue weighted by atomic mass is 9.77. The molecule has 4 aromatic heterocycles. The minimum Gasteiger partial charge on any atom is -0.486 e. The van der Waals surface area contributed by atoms with Crippen molar-refractivity contribution in [3.8, 4) is 40.0 Å². The van der Waals surface area contributed by atoms with Crippen LogP contribution in [0.4, 0.5) is 10.1 Å². The topological polar surface area (TPSA) is 296 Å². The lowest BCUT2D eigenvalue weighted by molar-refractivity contribution is -0.125. The third-order valence-electron chi connectivity index (χ3n) is 23.9. The van der Waals surface area contributed by atoms with Crippen molar-refractivity contribution in [3.05, 3.63) is 378 Å². The summed E-state index contributed by atoms with van der Waals surface area (Å²) in [5, 5.41) is 14.1. The van der Waals surface area contributed by atoms with Crippen molar-refractivity contribution in [2.75, 3.05) is 38.6 Å². The first-order chi connectivity index (χ1) is 62.4. The van der Waals surface area contributed by atoms with E-state index in [0.717, 1.165) is 99.0 Å². The van der Waals surface area contributed by atoms with Gasteiger partial charge in [-0.2, -0.15) is 5.26 Å². The van der Waals surface area contributed by atoms with E-state index in [0.29, 0.717) is 119 Å². The number of nitrogens with two attached hydrogens (primary N) is 4. The van der Waals surface area contributed by atoms with Crippen molar-refractivity contribution in [1.29, 1.82) is 5.26 Å². The zero-order chi connectivity index (χ0) is 89.1. The first-order valence-electron chi connectivity index (χ1n) is 43.8. The van der Waals surface area contributed by atoms with Gasteiger partial charge in [0.15, 0.2) is 23.1 Å². The Morgan fingerprint density at radius 3 is 2.06 bits per heavy atom. The van der Waals surface area contributed by atoms with Gasteiger partial charge in [0.2, 0.25) is 0 Å². The van der Waals surface area contributed by atoms with E-state index >= 15 is 0 Å². The summed E-state index contributed by atoms with van der Waals surface area (Å²) in [4.78, 5) is 73.3. The number of carbonyl (C=O) groups is 4. The molecular weight excluding hydrogens is 1600 g/mol. The fourth-order valence-corrected chi connectivity index (χ4v) is 17.0. The number of fused-ring (bicyclic) bond motifs is 3. The van der Waals surface area contributed by atoms with Crippen LogP contribution in [0, 0.1) is 41.8 Å². The molecule has 0 spiro atoms. The molecule has 8 atom stereocenters. The Hall–Kier alpha value is -13.7. The molecular formula is C107H109FN12O8. The van der Waals surface area contributed by atoms with E-state index in [-0.39, 0.29) is 71.1 Å². The minimum absolute atomic E-state index is 0.0172. The van der Waals surface area contributed by atoms with Crippen molar-refractivity contribution < 1.29 is 42.5 Å². The average molecular weight is 1710 g/mol. The summed E-state index contributed by atoms with van der Waals surface area (Å²) in [5.41, 5.74) is 38.7. The molecule has 6 heterocycles. The number of anilines is 1. The average Bonchev–Trinajstić information content (AvgIpc) is 1.27. The Bertz CT molecular complexity index is 6040. The van der Waals surface area contributed by atoms with Crippen molar-refractivity contribution >= 4 is 50.6 Å². The van der Waals surface area contributed by atoms with E-state index in [2.05, 4.69) is 128 Å². The monoisotopic (exact) mass is 1710 g/mol. The van der Waals surface area contributed by atoms with Gasteiger partial charge >= 0.3 is 0 Å². The van der Waals surface area contributed by atoms with Gasteiger partial charge in [0.1, 0.15) is 19.0 Å². The Kier molecular flexibility index (Phi) is 31.8. The number of halogens is 1. The number of hydrogen-bond donors (Lipinski definition) is 4. The van der Waals surface area contributed by atoms with Gasteiger partial charge in [-0.15, -0.1) is 0 Å². The maximum atomic E-state index is 13.7. The van der Waals surface area contributed by atoms with E-state index < -0.39 is 6.04 Å². The Balaban J connectivity index is 0.000000138. The molecule has 2 fully saturated rings. The fourth-order valence-electron chi connectivity index (χ4n) is 17.0. The second kappa shape index (κ2) is 44.9. The molecule has 128 heavy (non-hydrogen) atoms. The summed E-state index contributed by atoms with van der Waals surface area (Å²) in [7, 11) is 0. The number of Topliss-reactive ketones (excluding diaryl/α,β-unsaturated/α-hetero) is 2. The zero-order valence-electron chi connectivity index (χ0n) is 72.3. The van der Waals surface area contributed by atoms with Gasteiger partial charge in [0, 0.05) is 116 Å². The highest BCUT2D eigenvalue weighted by atomic mass is 19.1. The smallest absolute Gasteiger partial charge is 0.256 e. The molecule has 2 unspecified atom stereocenters. The quantitative estimate of drug-likeness (QED) is 0.0250. The number of benzene rings is 10. The molecule has 2 amide bonds. The predicted octanol–water partition coefficient (Wildman–Crippen LogP) is 18.7. The van der Waals surface area contributed by atoms with Crippen LogP contribution in [0.3, 0.4) is 0 Å². The van der Waals surface area contributed by atoms with E-state index in [4.69, 9.17) is 41.9 Å². The number of carbonyl (C=O) groups excluding carboxylic acids is 4. The number of aromatic nitrogens is 5. The van der Waals surface area contributed by atoms with Crippen molar-refractivity contribution in [2.24, 2.45) is 35.0 Å². The van der Waals surface area contributed by atoms with Crippen molar-refractivity contribution in [3.63, 3.8) is 0 Å². The number of nitrogens with zero attached hydrogens (tertiary/aromatic N) is 8. The van der Waals surface area contributed by atoms with Crippen LogP contribution in [0.5, 0.6) is 11.5 Å². The van der Waals surface area contributed by atoms with Crippen LogP contribution in [0.15, 0.2) is 310 Å². The number of nitrogen functional groups attached to an aromatic ring is 1. The molecule has 652 valence electrons. The maximum Gasteiger partial charge on any atom is 0.256 e. The van der Waals surface area contributed by atoms with Crippen LogP contribution in [-0.2, 0) is 59.9 Å². The molecule has 10 aromatic carbocycles. The van der Waals surface area contributed by atoms with Crippen LogP contribution >= 0.6 is 0 Å². The molecule has 1 saturated carbocycles. The second-order valence-electron chi connectivity index (χ2n) is 33.1. The van der Waals surface area contributed by atoms with Crippen LogP contribution in [0.25, 0.3) is 43.9 Å². The lowest BCUT2D eigenvalue weighted by Gasteiger charge is -2.38. The van der Waals surface area contributed by atoms with Gasteiger partial charge in [0.25, 0.3) is 11.8 Å². The highest BCUT2D eigenvalue weighted by molar-refractivity contribution is 6.00. The number of aryl methyl sites for hydroxylation is 2. The van der Waals surface area contributed by atoms with Crippen molar-refractivity contribution in [2.45, 2.75) is 128 Å². The number of ether oxygens (including phenoxy) is 4. The number of pyridine rings is 3. The van der Waals surface area contributed by atoms with Crippen LogP contribution in [0.2, 0.25) is 0 Å². The first-order valence-corrected chi connectivity index (χ1v) is 43.8. The van der Waals surface area contributed by atoms with Crippen LogP contribution in [0.1, 0.15) is 127 Å². The normalized spacial score (nSPS) is 16.6. The largest absolute Gasteiger partial charge is 0.486 e. The number of imidazole rings is 1. The first kappa shape index (κ1) is 90.5. The van der Waals surface area contributed by atoms with Gasteiger partial charge in [-0.3, -0.25) is 34.1 Å². The number of rotatable bonds is 29. The molecule has 3 aliphatic rings. The predicted molar refractivity (Wildman–Crippen MR) is 500 cm³/mol. The summed E-state index contributed by atoms with van der Waals surface area (Å²) in [5.74, 6) is 1.73. The fraction of sp³-hybridized carbons (Fsp3) is 0.262. The highest BCUT2D eigenvalue weighted by Crippen LogP contribution is 2.41. The third kappa shape index (κ3) is 24.9. The molecule has 0 bridgehead atoms. The van der Waals surface area contributed by atoms with Gasteiger partial charge in [-0.25, -0.2) is 9.37 Å². The van der Waals surface area contributed by atoms with Gasteiger partial charge in [0.05, 0.1) is 67.4 Å². The Labute approximate surface area is 747 Å². The second-order valence-corrected chi connectivity index (χ2v) is 33.1. The molecule has 14 aromatic rings. The summed E-state index contributed by atoms with van der Waals surface area (Å²) >= 11 is 0. The minimum atomic E-state index is -0.480. The molecule has 17 rings (SSSR count). The Morgan fingerprint density at radius 2 is 1.30 bits per heavy atom. The van der Waals surface area contributed by atoms with E-state index in [1.165, 1.54) is 41.0 Å². The van der Waals surface area contributed by atoms with Gasteiger partial charge in [-0.05, 0) is 210 Å². The number of ketones is 2. The maximum absolute atomic E-state index is 13.7. The van der Waals surface area contributed by atoms with Gasteiger partial charge < -0.3 is 56.2 Å². The highest BCUT2D eigenvalue weighted by Gasteiger charge is 2.41. The van der Waals surface area contributed by atoms with Crippen molar-refractivity contribution in [1.82, 2.24) is 34.3 Å². The number of hydrogen-bond acceptors (Lipinski definition) is 17. The van der Waals surface area contributed by atoms with Gasteiger partial charge in [-0.1, -0.05) is 200 Å². The lowest BCUT2D eigenvalue weighted by Crippen LogP contribution is -2.44. The third-order valence-corrected chi connectivity index (χ3v) is 23.9. The van der Waals surface area contributed by atoms with E-state index in [1.54, 1.807) is 71.0 Å². The summed E-state index contributed by atoms with van der Waals surface area (Å²) < 4.78 is 38.9.